The van der Waals surface area contributed by atoms with E-state index in [0.717, 1.165) is 36.5 Å². The van der Waals surface area contributed by atoms with Crippen LogP contribution in [0.3, 0.4) is 0 Å². The number of benzene rings is 1. The molecule has 1 saturated heterocycles. The van der Waals surface area contributed by atoms with Gasteiger partial charge in [-0.3, -0.25) is 4.90 Å². The van der Waals surface area contributed by atoms with Crippen molar-refractivity contribution in [2.75, 3.05) is 26.2 Å². The summed E-state index contributed by atoms with van der Waals surface area (Å²) in [5.41, 5.74) is 5.93. The van der Waals surface area contributed by atoms with E-state index >= 15 is 0 Å². The molecule has 1 fully saturated rings. The van der Waals surface area contributed by atoms with Gasteiger partial charge in [-0.05, 0) is 50.1 Å². The molecule has 0 saturated carbocycles. The molecule has 2 rings (SSSR count). The minimum atomic E-state index is 0.308. The lowest BCUT2D eigenvalue weighted by Gasteiger charge is -2.18. The lowest BCUT2D eigenvalue weighted by atomic mass is 10.0. The van der Waals surface area contributed by atoms with Gasteiger partial charge in [0.15, 0.2) is 0 Å². The van der Waals surface area contributed by atoms with Crippen molar-refractivity contribution in [3.8, 4) is 5.75 Å². The third kappa shape index (κ3) is 3.97. The van der Waals surface area contributed by atoms with Crippen LogP contribution >= 0.6 is 15.9 Å². The smallest absolute Gasteiger partial charge is 0.119 e. The van der Waals surface area contributed by atoms with Gasteiger partial charge in [0.2, 0.25) is 0 Å². The Morgan fingerprint density at radius 1 is 1.44 bits per heavy atom. The number of likely N-dealkylation sites (tertiary alicyclic amines) is 1. The van der Waals surface area contributed by atoms with Crippen LogP contribution in [0.5, 0.6) is 5.75 Å². The Morgan fingerprint density at radius 2 is 2.17 bits per heavy atom. The Kier molecular flexibility index (Phi) is 5.03. The van der Waals surface area contributed by atoms with Crippen LogP contribution in [-0.4, -0.2) is 37.2 Å². The van der Waals surface area contributed by atoms with Gasteiger partial charge in [-0.2, -0.15) is 0 Å². The normalized spacial score (nSPS) is 22.1. The molecule has 1 aromatic rings. The van der Waals surface area contributed by atoms with Gasteiger partial charge < -0.3 is 10.5 Å². The molecule has 100 valence electrons. The fourth-order valence-electron chi connectivity index (χ4n) is 2.32. The molecule has 1 aliphatic heterocycles. The second-order valence-electron chi connectivity index (χ2n) is 5.01. The van der Waals surface area contributed by atoms with E-state index in [1.165, 1.54) is 6.42 Å². The molecular weight excluding hydrogens is 292 g/mol. The van der Waals surface area contributed by atoms with Crippen molar-refractivity contribution in [3.63, 3.8) is 0 Å². The molecule has 0 aliphatic carbocycles. The maximum atomic E-state index is 5.93. The summed E-state index contributed by atoms with van der Waals surface area (Å²) in [4.78, 5) is 2.44. The molecule has 0 spiro atoms. The summed E-state index contributed by atoms with van der Waals surface area (Å²) < 4.78 is 6.80. The average molecular weight is 313 g/mol. The quantitative estimate of drug-likeness (QED) is 0.908. The molecule has 18 heavy (non-hydrogen) atoms. The standard InChI is InChI=1S/C14H21BrN2O/c1-11(16)12-6-7-17(10-12)8-9-18-14-4-2-13(15)3-5-14/h2-5,11-12H,6-10,16H2,1H3. The Bertz CT molecular complexity index is 367. The number of halogens is 1. The van der Waals surface area contributed by atoms with E-state index < -0.39 is 0 Å². The van der Waals surface area contributed by atoms with Crippen LogP contribution < -0.4 is 10.5 Å². The van der Waals surface area contributed by atoms with Crippen LogP contribution in [0.25, 0.3) is 0 Å². The van der Waals surface area contributed by atoms with E-state index in [1.54, 1.807) is 0 Å². The van der Waals surface area contributed by atoms with Crippen LogP contribution in [0.4, 0.5) is 0 Å². The van der Waals surface area contributed by atoms with Crippen LogP contribution in [0.2, 0.25) is 0 Å². The predicted molar refractivity (Wildman–Crippen MR) is 77.8 cm³/mol. The average Bonchev–Trinajstić information content (AvgIpc) is 2.81. The molecule has 2 N–H and O–H groups in total. The molecule has 1 heterocycles. The van der Waals surface area contributed by atoms with Crippen molar-refractivity contribution in [3.05, 3.63) is 28.7 Å². The van der Waals surface area contributed by atoms with Gasteiger partial charge >= 0.3 is 0 Å². The molecule has 0 bridgehead atoms. The Balaban J connectivity index is 1.68. The molecule has 2 atom stereocenters. The topological polar surface area (TPSA) is 38.5 Å². The van der Waals surface area contributed by atoms with E-state index in [4.69, 9.17) is 10.5 Å². The van der Waals surface area contributed by atoms with E-state index in [2.05, 4.69) is 27.8 Å². The minimum Gasteiger partial charge on any atom is -0.492 e. The SMILES string of the molecule is CC(N)C1CCN(CCOc2ccc(Br)cc2)C1. The summed E-state index contributed by atoms with van der Waals surface area (Å²) in [7, 11) is 0. The number of nitrogens with zero attached hydrogens (tertiary/aromatic N) is 1. The Hall–Kier alpha value is -0.580. The van der Waals surface area contributed by atoms with Gasteiger partial charge in [0.05, 0.1) is 0 Å². The lowest BCUT2D eigenvalue weighted by molar-refractivity contribution is 0.230. The van der Waals surface area contributed by atoms with E-state index in [1.807, 2.05) is 24.3 Å². The summed E-state index contributed by atoms with van der Waals surface area (Å²) in [5, 5.41) is 0. The number of rotatable bonds is 5. The van der Waals surface area contributed by atoms with Gasteiger partial charge in [0.1, 0.15) is 12.4 Å². The highest BCUT2D eigenvalue weighted by molar-refractivity contribution is 9.10. The third-order valence-corrected chi connectivity index (χ3v) is 4.07. The number of nitrogens with two attached hydrogens (primary N) is 1. The minimum absolute atomic E-state index is 0.308. The molecule has 1 aliphatic rings. The fraction of sp³-hybridized carbons (Fsp3) is 0.571. The van der Waals surface area contributed by atoms with Crippen molar-refractivity contribution in [2.45, 2.75) is 19.4 Å². The fourth-order valence-corrected chi connectivity index (χ4v) is 2.58. The summed E-state index contributed by atoms with van der Waals surface area (Å²) in [6.07, 6.45) is 1.22. The van der Waals surface area contributed by atoms with Crippen LogP contribution in [0.15, 0.2) is 28.7 Å². The van der Waals surface area contributed by atoms with Crippen molar-refractivity contribution in [1.82, 2.24) is 4.90 Å². The number of ether oxygens (including phenoxy) is 1. The molecule has 2 unspecified atom stereocenters. The van der Waals surface area contributed by atoms with E-state index in [0.29, 0.717) is 12.0 Å². The highest BCUT2D eigenvalue weighted by atomic mass is 79.9. The molecule has 0 radical (unpaired) electrons. The molecule has 3 nitrogen and oxygen atoms in total. The molecule has 0 aromatic heterocycles. The zero-order chi connectivity index (χ0) is 13.0. The first-order chi connectivity index (χ1) is 8.65. The highest BCUT2D eigenvalue weighted by Crippen LogP contribution is 2.19. The monoisotopic (exact) mass is 312 g/mol. The van der Waals surface area contributed by atoms with Crippen molar-refractivity contribution in [2.24, 2.45) is 11.7 Å². The molecule has 1 aromatic carbocycles. The Labute approximate surface area is 117 Å². The summed E-state index contributed by atoms with van der Waals surface area (Å²) >= 11 is 3.41. The van der Waals surface area contributed by atoms with Gasteiger partial charge in [0.25, 0.3) is 0 Å². The van der Waals surface area contributed by atoms with Crippen molar-refractivity contribution >= 4 is 15.9 Å². The lowest BCUT2D eigenvalue weighted by Crippen LogP contribution is -2.31. The van der Waals surface area contributed by atoms with Gasteiger partial charge in [-0.1, -0.05) is 15.9 Å². The van der Waals surface area contributed by atoms with Crippen LogP contribution in [0.1, 0.15) is 13.3 Å². The summed E-state index contributed by atoms with van der Waals surface area (Å²) in [5.74, 6) is 1.58. The van der Waals surface area contributed by atoms with E-state index in [-0.39, 0.29) is 0 Å². The Morgan fingerprint density at radius 3 is 2.78 bits per heavy atom. The number of hydrogen-bond acceptors (Lipinski definition) is 3. The zero-order valence-corrected chi connectivity index (χ0v) is 12.4. The summed E-state index contributed by atoms with van der Waals surface area (Å²) in [6, 6.07) is 8.27. The van der Waals surface area contributed by atoms with Crippen LogP contribution in [0, 0.1) is 5.92 Å². The first-order valence-corrected chi connectivity index (χ1v) is 7.31. The largest absolute Gasteiger partial charge is 0.492 e. The van der Waals surface area contributed by atoms with Crippen molar-refractivity contribution < 1.29 is 4.74 Å². The molecular formula is C14H21BrN2O. The predicted octanol–water partition coefficient (Wildman–Crippen LogP) is 2.50. The van der Waals surface area contributed by atoms with Crippen molar-refractivity contribution in [1.29, 1.82) is 0 Å². The van der Waals surface area contributed by atoms with Gasteiger partial charge in [-0.25, -0.2) is 0 Å². The van der Waals surface area contributed by atoms with Crippen LogP contribution in [-0.2, 0) is 0 Å². The van der Waals surface area contributed by atoms with Gasteiger partial charge in [0, 0.05) is 23.6 Å². The first kappa shape index (κ1) is 13.8. The first-order valence-electron chi connectivity index (χ1n) is 6.51. The summed E-state index contributed by atoms with van der Waals surface area (Å²) in [6.45, 7) is 6.09. The maximum absolute atomic E-state index is 5.93. The zero-order valence-electron chi connectivity index (χ0n) is 10.8. The molecule has 4 heteroatoms. The highest BCUT2D eigenvalue weighted by Gasteiger charge is 2.24. The second kappa shape index (κ2) is 6.55. The maximum Gasteiger partial charge on any atom is 0.119 e. The molecule has 0 amide bonds. The number of hydrogen-bond donors (Lipinski definition) is 1. The second-order valence-corrected chi connectivity index (χ2v) is 5.93. The van der Waals surface area contributed by atoms with Gasteiger partial charge in [-0.15, -0.1) is 0 Å². The van der Waals surface area contributed by atoms with E-state index in [9.17, 15) is 0 Å². The third-order valence-electron chi connectivity index (χ3n) is 3.54.